The van der Waals surface area contributed by atoms with E-state index in [0.29, 0.717) is 40.6 Å². The van der Waals surface area contributed by atoms with E-state index in [1.165, 1.54) is 6.07 Å². The van der Waals surface area contributed by atoms with Crippen LogP contribution in [0, 0.1) is 18.5 Å². The van der Waals surface area contributed by atoms with E-state index < -0.39 is 66.3 Å². The molecule has 0 fully saturated rings. The van der Waals surface area contributed by atoms with Crippen molar-refractivity contribution in [2.75, 3.05) is 0 Å². The SMILES string of the molecule is [2H]c1nc(-n2c3[c-]c(Oc4[c-]c(-n5[c-][n+](-c6c(-c7c([2H])c([2H])c([2H])c([2H])c7[2H])cccc6-c6c([2H])c([2H])c([2H])c([2H])c6[2H])c6ccccc65)ccc4)ccc3c3ccccc32)c([2H])c(C([2H])(CC)CC)c1[2H].[Pt]. The van der Waals surface area contributed by atoms with Crippen LogP contribution in [0.1, 0.15) is 57.3 Å². The Hall–Kier alpha value is -6.55. The number of ether oxygens (including phenoxy) is 1. The first kappa shape index (κ1) is 25.0. The van der Waals surface area contributed by atoms with Gasteiger partial charge < -0.3 is 13.9 Å². The average molecular weight is 958 g/mol. The van der Waals surface area contributed by atoms with Crippen molar-refractivity contribution >= 4 is 32.8 Å². The maximum atomic E-state index is 9.38. The molecule has 0 unspecified atom stereocenters. The van der Waals surface area contributed by atoms with Crippen molar-refractivity contribution in [1.82, 2.24) is 14.1 Å². The Morgan fingerprint density at radius 2 is 1.36 bits per heavy atom. The largest absolute Gasteiger partial charge is 0.510 e. The minimum absolute atomic E-state index is 0. The van der Waals surface area contributed by atoms with E-state index >= 15 is 0 Å². The molecule has 0 aliphatic rings. The number of benzene rings is 7. The predicted molar refractivity (Wildman–Crippen MR) is 234 cm³/mol. The van der Waals surface area contributed by atoms with Crippen LogP contribution < -0.4 is 9.30 Å². The second-order valence-electron chi connectivity index (χ2n) is 13.4. The van der Waals surface area contributed by atoms with Gasteiger partial charge in [-0.15, -0.1) is 29.7 Å². The van der Waals surface area contributed by atoms with Gasteiger partial charge in [-0.3, -0.25) is 4.57 Å². The Kier molecular flexibility index (Phi) is 6.95. The second kappa shape index (κ2) is 16.4. The average Bonchev–Trinajstić information content (AvgIpc) is 3.93. The van der Waals surface area contributed by atoms with Crippen molar-refractivity contribution in [2.24, 2.45) is 0 Å². The minimum atomic E-state index is -1.29. The van der Waals surface area contributed by atoms with Crippen molar-refractivity contribution in [1.29, 1.82) is 0 Å². The third-order valence-electron chi connectivity index (χ3n) is 10.1. The van der Waals surface area contributed by atoms with Crippen molar-refractivity contribution < 1.29 is 49.6 Å². The summed E-state index contributed by atoms with van der Waals surface area (Å²) in [5.74, 6) is -0.689. The minimum Gasteiger partial charge on any atom is -0.510 e. The monoisotopic (exact) mass is 957 g/mol. The zero-order valence-corrected chi connectivity index (χ0v) is 33.9. The molecule has 5 nitrogen and oxygen atoms in total. The van der Waals surface area contributed by atoms with Crippen molar-refractivity contribution in [2.45, 2.75) is 32.6 Å². The Morgan fingerprint density at radius 1 is 0.695 bits per heavy atom. The Morgan fingerprint density at radius 3 is 2.08 bits per heavy atom. The molecule has 0 radical (unpaired) electrons. The quantitative estimate of drug-likeness (QED) is 0.101. The molecule has 290 valence electrons. The summed E-state index contributed by atoms with van der Waals surface area (Å²) in [6.07, 6.45) is 3.66. The first-order valence-electron chi connectivity index (χ1n) is 25.8. The van der Waals surface area contributed by atoms with Gasteiger partial charge in [0.1, 0.15) is 5.82 Å². The van der Waals surface area contributed by atoms with Gasteiger partial charge in [0.25, 0.3) is 6.33 Å². The Labute approximate surface area is 378 Å². The van der Waals surface area contributed by atoms with E-state index in [0.717, 1.165) is 10.8 Å². The van der Waals surface area contributed by atoms with Gasteiger partial charge >= 0.3 is 0 Å². The van der Waals surface area contributed by atoms with Gasteiger partial charge in [0, 0.05) is 45.6 Å². The summed E-state index contributed by atoms with van der Waals surface area (Å²) >= 11 is 0. The molecule has 0 amide bonds. The molecule has 6 heteroatoms. The molecule has 7 aromatic carbocycles. The van der Waals surface area contributed by atoms with Crippen LogP contribution in [0.4, 0.5) is 0 Å². The van der Waals surface area contributed by atoms with Gasteiger partial charge in [-0.1, -0.05) is 140 Å². The number of imidazole rings is 1. The van der Waals surface area contributed by atoms with Crippen LogP contribution in [0.15, 0.2) is 176 Å². The van der Waals surface area contributed by atoms with Gasteiger partial charge in [0.2, 0.25) is 0 Å². The molecule has 3 heterocycles. The van der Waals surface area contributed by atoms with Crippen LogP contribution in [0.5, 0.6) is 11.5 Å². The van der Waals surface area contributed by atoms with E-state index in [2.05, 4.69) is 23.4 Å². The van der Waals surface area contributed by atoms with Gasteiger partial charge in [-0.25, -0.2) is 4.98 Å². The summed E-state index contributed by atoms with van der Waals surface area (Å²) in [4.78, 5) is 4.46. The number of fused-ring (bicyclic) bond motifs is 4. The van der Waals surface area contributed by atoms with Gasteiger partial charge in [0.05, 0.1) is 34.5 Å². The summed E-state index contributed by atoms with van der Waals surface area (Å²) in [7, 11) is 0. The molecular formula is C53H40N4OPt-2. The van der Waals surface area contributed by atoms with E-state index in [1.807, 2.05) is 50.2 Å². The van der Waals surface area contributed by atoms with Gasteiger partial charge in [0.15, 0.2) is 0 Å². The molecule has 0 spiro atoms. The fourth-order valence-corrected chi connectivity index (χ4v) is 7.45. The van der Waals surface area contributed by atoms with Crippen molar-refractivity contribution in [3.8, 4) is 50.9 Å². The molecule has 3 aromatic heterocycles. The predicted octanol–water partition coefficient (Wildman–Crippen LogP) is 12.8. The smallest absolute Gasteiger partial charge is 0.268 e. The zero-order valence-electron chi connectivity index (χ0n) is 45.7. The molecule has 0 N–H and O–H groups in total. The fourth-order valence-electron chi connectivity index (χ4n) is 7.45. The molecule has 0 bridgehead atoms. The van der Waals surface area contributed by atoms with Crippen LogP contribution >= 0.6 is 0 Å². The molecular weight excluding hydrogens is 904 g/mol. The van der Waals surface area contributed by atoms with Crippen LogP contribution in [0.25, 0.3) is 72.3 Å². The topological polar surface area (TPSA) is 35.9 Å². The van der Waals surface area contributed by atoms with Crippen LogP contribution in [-0.2, 0) is 21.1 Å². The number of para-hydroxylation sites is 4. The molecule has 0 atom stereocenters. The van der Waals surface area contributed by atoms with Crippen molar-refractivity contribution in [3.63, 3.8) is 0 Å². The summed E-state index contributed by atoms with van der Waals surface area (Å²) in [5.41, 5.74) is 2.74. The van der Waals surface area contributed by atoms with E-state index in [9.17, 15) is 2.74 Å². The summed E-state index contributed by atoms with van der Waals surface area (Å²) in [5, 5.41) is 1.58. The maximum absolute atomic E-state index is 9.38. The van der Waals surface area contributed by atoms with E-state index in [4.69, 9.17) is 21.2 Å². The van der Waals surface area contributed by atoms with E-state index in [1.54, 1.807) is 68.3 Å². The van der Waals surface area contributed by atoms with Crippen molar-refractivity contribution in [3.05, 3.63) is 200 Å². The zero-order chi connectivity index (χ0) is 51.2. The Bertz CT molecular complexity index is 3760. The summed E-state index contributed by atoms with van der Waals surface area (Å²) in [6.45, 7) is 3.66. The first-order chi connectivity index (χ1) is 34.4. The van der Waals surface area contributed by atoms with Gasteiger partial charge in [-0.05, 0) is 75.8 Å². The standard InChI is InChI=1S/C53H40N4O.Pt/c1-3-37(4-2)40-31-32-54-52(33-40)57-48-26-12-11-23-46(48)47-30-29-43(35-51(47)57)58-42-22-15-21-41(34-42)55-36-56(50-28-14-13-27-49(50)55)53-44(38-17-7-5-8-18-38)24-16-25-45(53)39-19-9-6-10-20-39;/h5-33,37H,3-4H2,1-2H3;/q-2;/i5D,6D,7D,8D,9D,10D,17D,18D,19D,20D,31D,32D,33D,37D;. The summed E-state index contributed by atoms with van der Waals surface area (Å²) in [6, 6.07) is 28.9. The molecule has 0 aliphatic heterocycles. The molecule has 59 heavy (non-hydrogen) atoms. The molecule has 0 saturated carbocycles. The van der Waals surface area contributed by atoms with E-state index in [-0.39, 0.29) is 90.1 Å². The molecule has 10 aromatic rings. The number of pyridine rings is 1. The molecule has 0 aliphatic carbocycles. The number of hydrogen-bond donors (Lipinski definition) is 0. The van der Waals surface area contributed by atoms with Crippen LogP contribution in [0.3, 0.4) is 0 Å². The second-order valence-corrected chi connectivity index (χ2v) is 13.4. The molecule has 10 rings (SSSR count). The third-order valence-corrected chi connectivity index (χ3v) is 10.1. The number of nitrogens with zero attached hydrogens (tertiary/aromatic N) is 4. The number of rotatable bonds is 10. The summed E-state index contributed by atoms with van der Waals surface area (Å²) < 4.78 is 134. The normalized spacial score (nSPS) is 14.9. The first-order valence-corrected chi connectivity index (χ1v) is 18.8. The number of aromatic nitrogens is 4. The Balaban J connectivity index is 0.00000656. The van der Waals surface area contributed by atoms with Gasteiger partial charge in [-0.2, -0.15) is 18.2 Å². The number of hydrogen-bond acceptors (Lipinski definition) is 2. The maximum Gasteiger partial charge on any atom is 0.268 e. The molecule has 0 saturated heterocycles. The third kappa shape index (κ3) is 6.96. The van der Waals surface area contributed by atoms with Crippen LogP contribution in [0.2, 0.25) is 0 Å². The fraction of sp³-hybridized carbons (Fsp3) is 0.0943. The van der Waals surface area contributed by atoms with Crippen LogP contribution in [-0.4, -0.2) is 14.1 Å².